The number of hydrogen-bond donors (Lipinski definition) is 0. The van der Waals surface area contributed by atoms with Gasteiger partial charge in [-0.15, -0.1) is 5.10 Å². The quantitative estimate of drug-likeness (QED) is 0.703. The minimum absolute atomic E-state index is 0.143. The van der Waals surface area contributed by atoms with Gasteiger partial charge in [0.05, 0.1) is 11.9 Å². The van der Waals surface area contributed by atoms with Crippen molar-refractivity contribution >= 4 is 11.9 Å². The average molecular weight is 437 g/mol. The number of hydrogen-bond acceptors (Lipinski definition) is 6. The van der Waals surface area contributed by atoms with Crippen molar-refractivity contribution in [1.82, 2.24) is 19.7 Å². The summed E-state index contributed by atoms with van der Waals surface area (Å²) >= 11 is 0. The minimum Gasteiger partial charge on any atom is -0.444 e. The first-order valence-corrected chi connectivity index (χ1v) is 10.3. The standard InChI is InChI=1S/C21H29F2N5O3/c1-14(2)16-12-17(25-28(16)15-6-7-18(24-13-15)30-19(22)23)26-8-10-27(11-9-26)20(29)31-21(3,4)5/h6-7,12-14,19H,8-11H2,1-5H3. The highest BCUT2D eigenvalue weighted by molar-refractivity contribution is 5.68. The number of aromatic nitrogens is 3. The van der Waals surface area contributed by atoms with Crippen LogP contribution in [0.4, 0.5) is 19.4 Å². The number of ether oxygens (including phenoxy) is 2. The highest BCUT2D eigenvalue weighted by Gasteiger charge is 2.27. The Morgan fingerprint density at radius 2 is 1.81 bits per heavy atom. The Kier molecular flexibility index (Phi) is 6.66. The van der Waals surface area contributed by atoms with Crippen molar-refractivity contribution in [3.8, 4) is 11.6 Å². The van der Waals surface area contributed by atoms with Crippen molar-refractivity contribution < 1.29 is 23.0 Å². The lowest BCUT2D eigenvalue weighted by Crippen LogP contribution is -2.50. The van der Waals surface area contributed by atoms with Crippen LogP contribution in [-0.2, 0) is 4.74 Å². The van der Waals surface area contributed by atoms with Crippen LogP contribution >= 0.6 is 0 Å². The molecule has 0 unspecified atom stereocenters. The molecule has 1 saturated heterocycles. The molecule has 3 heterocycles. The molecule has 2 aromatic rings. The summed E-state index contributed by atoms with van der Waals surface area (Å²) in [5, 5.41) is 4.72. The molecule has 0 atom stereocenters. The van der Waals surface area contributed by atoms with E-state index in [2.05, 4.69) is 28.5 Å². The lowest BCUT2D eigenvalue weighted by Gasteiger charge is -2.35. The molecule has 1 fully saturated rings. The van der Waals surface area contributed by atoms with Gasteiger partial charge in [0, 0.05) is 44.0 Å². The van der Waals surface area contributed by atoms with Crippen LogP contribution in [-0.4, -0.2) is 64.1 Å². The lowest BCUT2D eigenvalue weighted by molar-refractivity contribution is -0.0528. The number of carbonyl (C=O) groups is 1. The summed E-state index contributed by atoms with van der Waals surface area (Å²) in [5.41, 5.74) is 1.10. The molecular weight excluding hydrogens is 408 g/mol. The predicted molar refractivity (Wildman–Crippen MR) is 112 cm³/mol. The fourth-order valence-corrected chi connectivity index (χ4v) is 3.26. The van der Waals surface area contributed by atoms with E-state index in [-0.39, 0.29) is 17.9 Å². The summed E-state index contributed by atoms with van der Waals surface area (Å²) in [5.74, 6) is 0.831. The Morgan fingerprint density at radius 3 is 2.32 bits per heavy atom. The van der Waals surface area contributed by atoms with Gasteiger partial charge in [-0.1, -0.05) is 13.8 Å². The summed E-state index contributed by atoms with van der Waals surface area (Å²) < 4.78 is 36.3. The summed E-state index contributed by atoms with van der Waals surface area (Å²) in [6.07, 6.45) is 1.15. The molecule has 8 nitrogen and oxygen atoms in total. The van der Waals surface area contributed by atoms with Gasteiger partial charge in [-0.3, -0.25) is 0 Å². The average Bonchev–Trinajstić information content (AvgIpc) is 3.13. The molecule has 31 heavy (non-hydrogen) atoms. The van der Waals surface area contributed by atoms with Crippen molar-refractivity contribution in [1.29, 1.82) is 0 Å². The first-order valence-electron chi connectivity index (χ1n) is 10.3. The predicted octanol–water partition coefficient (Wildman–Crippen LogP) is 4.05. The van der Waals surface area contributed by atoms with E-state index in [4.69, 9.17) is 9.84 Å². The fourth-order valence-electron chi connectivity index (χ4n) is 3.26. The topological polar surface area (TPSA) is 72.7 Å². The molecule has 170 valence electrons. The number of amides is 1. The molecule has 0 saturated carbocycles. The normalized spacial score (nSPS) is 15.0. The van der Waals surface area contributed by atoms with E-state index in [0.29, 0.717) is 31.9 Å². The zero-order valence-corrected chi connectivity index (χ0v) is 18.5. The van der Waals surface area contributed by atoms with Crippen LogP contribution in [0.2, 0.25) is 0 Å². The second-order valence-electron chi connectivity index (χ2n) is 8.68. The van der Waals surface area contributed by atoms with E-state index in [9.17, 15) is 13.6 Å². The second kappa shape index (κ2) is 9.07. The highest BCUT2D eigenvalue weighted by Crippen LogP contribution is 2.26. The van der Waals surface area contributed by atoms with E-state index in [1.165, 1.54) is 12.3 Å². The number of carbonyl (C=O) groups excluding carboxylic acids is 1. The van der Waals surface area contributed by atoms with Gasteiger partial charge in [0.1, 0.15) is 5.60 Å². The van der Waals surface area contributed by atoms with E-state index >= 15 is 0 Å². The zero-order chi connectivity index (χ0) is 22.8. The third-order valence-corrected chi connectivity index (χ3v) is 4.75. The monoisotopic (exact) mass is 437 g/mol. The maximum atomic E-state index is 12.4. The number of alkyl halides is 2. The van der Waals surface area contributed by atoms with Crippen LogP contribution in [0.15, 0.2) is 24.4 Å². The first-order chi connectivity index (χ1) is 14.5. The van der Waals surface area contributed by atoms with Crippen molar-refractivity contribution in [3.63, 3.8) is 0 Å². The molecule has 3 rings (SSSR count). The maximum Gasteiger partial charge on any atom is 0.410 e. The summed E-state index contributed by atoms with van der Waals surface area (Å²) in [6.45, 7) is 9.09. The molecule has 0 spiro atoms. The Labute approximate surface area is 180 Å². The Bertz CT molecular complexity index is 885. The SMILES string of the molecule is CC(C)c1cc(N2CCN(C(=O)OC(C)(C)C)CC2)nn1-c1ccc(OC(F)F)nc1. The van der Waals surface area contributed by atoms with Gasteiger partial charge < -0.3 is 19.3 Å². The molecule has 1 aliphatic heterocycles. The number of rotatable bonds is 5. The van der Waals surface area contributed by atoms with E-state index in [1.54, 1.807) is 15.6 Å². The van der Waals surface area contributed by atoms with E-state index < -0.39 is 12.2 Å². The third kappa shape index (κ3) is 5.83. The van der Waals surface area contributed by atoms with Crippen molar-refractivity contribution in [2.24, 2.45) is 0 Å². The molecule has 0 aliphatic carbocycles. The van der Waals surface area contributed by atoms with Crippen LogP contribution in [0.25, 0.3) is 5.69 Å². The fraction of sp³-hybridized carbons (Fsp3) is 0.571. The molecule has 0 aromatic carbocycles. The van der Waals surface area contributed by atoms with E-state index in [0.717, 1.165) is 11.5 Å². The number of halogens is 2. The van der Waals surface area contributed by atoms with Gasteiger partial charge in [0.25, 0.3) is 0 Å². The first kappa shape index (κ1) is 22.8. The molecule has 0 bridgehead atoms. The molecule has 0 radical (unpaired) electrons. The summed E-state index contributed by atoms with van der Waals surface area (Å²) in [4.78, 5) is 20.0. The Hall–Kier alpha value is -2.91. The van der Waals surface area contributed by atoms with Gasteiger partial charge in [-0.2, -0.15) is 8.78 Å². The van der Waals surface area contributed by atoms with Crippen LogP contribution in [0.1, 0.15) is 46.2 Å². The van der Waals surface area contributed by atoms with Gasteiger partial charge in [-0.05, 0) is 32.8 Å². The highest BCUT2D eigenvalue weighted by atomic mass is 19.3. The number of nitrogens with zero attached hydrogens (tertiary/aromatic N) is 5. The van der Waals surface area contributed by atoms with Gasteiger partial charge in [-0.25, -0.2) is 14.5 Å². The Balaban J connectivity index is 1.73. The van der Waals surface area contributed by atoms with Crippen molar-refractivity contribution in [2.45, 2.75) is 52.7 Å². The smallest absolute Gasteiger partial charge is 0.410 e. The van der Waals surface area contributed by atoms with Gasteiger partial charge >= 0.3 is 12.7 Å². The lowest BCUT2D eigenvalue weighted by atomic mass is 10.1. The van der Waals surface area contributed by atoms with Crippen LogP contribution in [0.3, 0.4) is 0 Å². The van der Waals surface area contributed by atoms with Crippen LogP contribution in [0, 0.1) is 0 Å². The summed E-state index contributed by atoms with van der Waals surface area (Å²) in [7, 11) is 0. The minimum atomic E-state index is -2.92. The van der Waals surface area contributed by atoms with Crippen molar-refractivity contribution in [3.05, 3.63) is 30.1 Å². The van der Waals surface area contributed by atoms with Crippen molar-refractivity contribution in [2.75, 3.05) is 31.1 Å². The summed E-state index contributed by atoms with van der Waals surface area (Å²) in [6, 6.07) is 5.05. The zero-order valence-electron chi connectivity index (χ0n) is 18.5. The molecule has 10 heteroatoms. The second-order valence-corrected chi connectivity index (χ2v) is 8.68. The largest absolute Gasteiger partial charge is 0.444 e. The maximum absolute atomic E-state index is 12.4. The van der Waals surface area contributed by atoms with Crippen LogP contribution < -0.4 is 9.64 Å². The number of anilines is 1. The molecule has 2 aromatic heterocycles. The van der Waals surface area contributed by atoms with Gasteiger partial charge in [0.15, 0.2) is 5.82 Å². The molecule has 0 N–H and O–H groups in total. The number of pyridine rings is 1. The number of piperazine rings is 1. The third-order valence-electron chi connectivity index (χ3n) is 4.75. The van der Waals surface area contributed by atoms with Gasteiger partial charge in [0.2, 0.25) is 5.88 Å². The van der Waals surface area contributed by atoms with E-state index in [1.807, 2.05) is 26.8 Å². The Morgan fingerprint density at radius 1 is 1.13 bits per heavy atom. The molecular formula is C21H29F2N5O3. The molecule has 1 aliphatic rings. The molecule has 1 amide bonds. The van der Waals surface area contributed by atoms with Crippen LogP contribution in [0.5, 0.6) is 5.88 Å².